The Bertz CT molecular complexity index is 1070. The van der Waals surface area contributed by atoms with E-state index in [4.69, 9.17) is 0 Å². The van der Waals surface area contributed by atoms with Gasteiger partial charge in [-0.1, -0.05) is 26.8 Å². The number of nitrogens with one attached hydrogen (secondary N) is 1. The highest BCUT2D eigenvalue weighted by molar-refractivity contribution is 5.98. The highest BCUT2D eigenvalue weighted by Gasteiger charge is 2.30. The number of amides is 1. The first-order valence-corrected chi connectivity index (χ1v) is 9.80. The normalized spacial score (nSPS) is 17.4. The largest absolute Gasteiger partial charge is 0.361 e. The van der Waals surface area contributed by atoms with Crippen LogP contribution in [-0.4, -0.2) is 38.2 Å². The van der Waals surface area contributed by atoms with Gasteiger partial charge in [-0.2, -0.15) is 5.10 Å². The molecule has 28 heavy (non-hydrogen) atoms. The average Bonchev–Trinajstić information content (AvgIpc) is 3.30. The molecule has 1 aromatic carbocycles. The third kappa shape index (κ3) is 3.46. The molecule has 0 aliphatic carbocycles. The van der Waals surface area contributed by atoms with Gasteiger partial charge in [0.15, 0.2) is 0 Å². The van der Waals surface area contributed by atoms with E-state index in [1.165, 1.54) is 4.68 Å². The minimum atomic E-state index is -0.133. The summed E-state index contributed by atoms with van der Waals surface area (Å²) < 4.78 is 1.52. The maximum Gasteiger partial charge on any atom is 0.266 e. The van der Waals surface area contributed by atoms with Crippen molar-refractivity contribution < 1.29 is 4.79 Å². The van der Waals surface area contributed by atoms with Crippen LogP contribution in [0.5, 0.6) is 0 Å². The van der Waals surface area contributed by atoms with Crippen LogP contribution in [0.1, 0.15) is 49.7 Å². The third-order valence-corrected chi connectivity index (χ3v) is 5.46. The van der Waals surface area contributed by atoms with Crippen LogP contribution in [0.2, 0.25) is 0 Å². The van der Waals surface area contributed by atoms with Gasteiger partial charge in [0.25, 0.3) is 11.5 Å². The lowest BCUT2D eigenvalue weighted by molar-refractivity contribution is 0.0720. The molecule has 6 heteroatoms. The number of aromatic nitrogens is 3. The molecule has 0 radical (unpaired) electrons. The van der Waals surface area contributed by atoms with Crippen molar-refractivity contribution in [1.29, 1.82) is 0 Å². The molecule has 0 spiro atoms. The average molecular weight is 378 g/mol. The molecular weight excluding hydrogens is 352 g/mol. The van der Waals surface area contributed by atoms with E-state index in [0.29, 0.717) is 18.7 Å². The first-order valence-electron chi connectivity index (χ1n) is 9.80. The minimum Gasteiger partial charge on any atom is -0.361 e. The van der Waals surface area contributed by atoms with Gasteiger partial charge in [-0.3, -0.25) is 9.59 Å². The van der Waals surface area contributed by atoms with Crippen LogP contribution in [-0.2, 0) is 12.0 Å². The Balaban J connectivity index is 1.58. The van der Waals surface area contributed by atoms with Gasteiger partial charge >= 0.3 is 0 Å². The third-order valence-electron chi connectivity index (χ3n) is 5.46. The quantitative estimate of drug-likeness (QED) is 0.760. The zero-order valence-corrected chi connectivity index (χ0v) is 16.6. The summed E-state index contributed by atoms with van der Waals surface area (Å²) in [6.07, 6.45) is 3.69. The second kappa shape index (κ2) is 6.93. The highest BCUT2D eigenvalue weighted by atomic mass is 16.2. The molecule has 0 saturated carbocycles. The van der Waals surface area contributed by atoms with Crippen LogP contribution >= 0.6 is 0 Å². The predicted octanol–water partition coefficient (Wildman–Crippen LogP) is 3.33. The van der Waals surface area contributed by atoms with Gasteiger partial charge in [-0.25, -0.2) is 4.68 Å². The molecule has 4 rings (SSSR count). The van der Waals surface area contributed by atoms with Gasteiger partial charge < -0.3 is 9.88 Å². The molecule has 0 bridgehead atoms. The smallest absolute Gasteiger partial charge is 0.266 e. The van der Waals surface area contributed by atoms with E-state index in [-0.39, 0.29) is 22.9 Å². The van der Waals surface area contributed by atoms with Gasteiger partial charge in [-0.15, -0.1) is 0 Å². The topological polar surface area (TPSA) is 71.0 Å². The van der Waals surface area contributed by atoms with Crippen molar-refractivity contribution in [2.45, 2.75) is 51.6 Å². The van der Waals surface area contributed by atoms with E-state index in [1.54, 1.807) is 12.1 Å². The minimum absolute atomic E-state index is 0.0130. The fraction of sp³-hybridized carbons (Fsp3) is 0.409. The number of fused-ring (bicyclic) bond motifs is 1. The molecule has 3 heterocycles. The van der Waals surface area contributed by atoms with Crippen LogP contribution in [0.15, 0.2) is 47.4 Å². The number of hydrogen-bond acceptors (Lipinski definition) is 3. The Morgan fingerprint density at radius 3 is 2.82 bits per heavy atom. The summed E-state index contributed by atoms with van der Waals surface area (Å²) in [6, 6.07) is 11.1. The van der Waals surface area contributed by atoms with Gasteiger partial charge in [0.1, 0.15) is 0 Å². The van der Waals surface area contributed by atoms with Crippen molar-refractivity contribution in [3.63, 3.8) is 0 Å². The van der Waals surface area contributed by atoms with Crippen LogP contribution in [0.25, 0.3) is 10.9 Å². The summed E-state index contributed by atoms with van der Waals surface area (Å²) in [5.41, 5.74) is 2.25. The maximum absolute atomic E-state index is 13.1. The summed E-state index contributed by atoms with van der Waals surface area (Å²) in [6.45, 7) is 7.37. The maximum atomic E-state index is 13.1. The number of carbonyl (C=O) groups excluding carboxylic acids is 1. The lowest BCUT2D eigenvalue weighted by Gasteiger charge is -2.26. The first-order chi connectivity index (χ1) is 13.3. The number of benzene rings is 1. The van der Waals surface area contributed by atoms with Crippen LogP contribution in [0.3, 0.4) is 0 Å². The zero-order valence-electron chi connectivity index (χ0n) is 16.6. The molecule has 3 aromatic rings. The molecule has 1 N–H and O–H groups in total. The van der Waals surface area contributed by atoms with E-state index in [2.05, 4.69) is 30.9 Å². The second-order valence-corrected chi connectivity index (χ2v) is 8.56. The van der Waals surface area contributed by atoms with E-state index in [1.807, 2.05) is 35.4 Å². The van der Waals surface area contributed by atoms with E-state index >= 15 is 0 Å². The highest BCUT2D eigenvalue weighted by Crippen LogP contribution is 2.23. The molecule has 1 amide bonds. The van der Waals surface area contributed by atoms with Gasteiger partial charge in [0.05, 0.1) is 18.3 Å². The molecule has 1 fully saturated rings. The first kappa shape index (κ1) is 18.5. The molecule has 2 aromatic heterocycles. The number of nitrogens with zero attached hydrogens (tertiary/aromatic N) is 3. The molecule has 1 unspecified atom stereocenters. The van der Waals surface area contributed by atoms with Crippen molar-refractivity contribution >= 4 is 16.8 Å². The monoisotopic (exact) mass is 378 g/mol. The van der Waals surface area contributed by atoms with Crippen molar-refractivity contribution in [3.8, 4) is 0 Å². The Morgan fingerprint density at radius 2 is 2.04 bits per heavy atom. The fourth-order valence-corrected chi connectivity index (χ4v) is 3.82. The van der Waals surface area contributed by atoms with Crippen molar-refractivity contribution in [2.75, 3.05) is 6.54 Å². The Hall–Kier alpha value is -2.89. The SMILES string of the molecule is CC(C)(C)c1ccc(=O)n(CC2CCCN2C(=O)c2ccc3cc[nH]c3c2)n1. The fourth-order valence-electron chi connectivity index (χ4n) is 3.82. The lowest BCUT2D eigenvalue weighted by atomic mass is 9.92. The van der Waals surface area contributed by atoms with Gasteiger partial charge in [0, 0.05) is 35.3 Å². The van der Waals surface area contributed by atoms with E-state index < -0.39 is 0 Å². The number of aromatic amines is 1. The summed E-state index contributed by atoms with van der Waals surface area (Å²) in [5.74, 6) is 0.0130. The number of rotatable bonds is 3. The molecule has 1 aliphatic heterocycles. The van der Waals surface area contributed by atoms with E-state index in [0.717, 1.165) is 29.4 Å². The Labute approximate surface area is 164 Å². The summed E-state index contributed by atoms with van der Waals surface area (Å²) in [7, 11) is 0. The molecule has 1 aliphatic rings. The number of H-pyrrole nitrogens is 1. The van der Waals surface area contributed by atoms with Crippen molar-refractivity contribution in [1.82, 2.24) is 19.7 Å². The second-order valence-electron chi connectivity index (χ2n) is 8.56. The van der Waals surface area contributed by atoms with Crippen LogP contribution < -0.4 is 5.56 Å². The Morgan fingerprint density at radius 1 is 1.21 bits per heavy atom. The summed E-state index contributed by atoms with van der Waals surface area (Å²) >= 11 is 0. The van der Waals surface area contributed by atoms with Crippen LogP contribution in [0.4, 0.5) is 0 Å². The molecule has 1 atom stereocenters. The van der Waals surface area contributed by atoms with Gasteiger partial charge in [-0.05, 0) is 42.5 Å². The van der Waals surface area contributed by atoms with E-state index in [9.17, 15) is 9.59 Å². The summed E-state index contributed by atoms with van der Waals surface area (Å²) in [5, 5.41) is 5.66. The summed E-state index contributed by atoms with van der Waals surface area (Å²) in [4.78, 5) is 30.5. The number of carbonyl (C=O) groups is 1. The zero-order chi connectivity index (χ0) is 19.9. The number of likely N-dealkylation sites (tertiary alicyclic amines) is 1. The number of hydrogen-bond donors (Lipinski definition) is 1. The van der Waals surface area contributed by atoms with Crippen molar-refractivity contribution in [3.05, 3.63) is 64.2 Å². The standard InChI is InChI=1S/C22H26N4O2/c1-22(2,3)19-8-9-20(27)26(24-19)14-17-5-4-12-25(17)21(28)16-7-6-15-10-11-23-18(15)13-16/h6-11,13,17,23H,4-5,12,14H2,1-3H3. The molecule has 146 valence electrons. The van der Waals surface area contributed by atoms with Crippen molar-refractivity contribution in [2.24, 2.45) is 0 Å². The molecule has 6 nitrogen and oxygen atoms in total. The molecule has 1 saturated heterocycles. The van der Waals surface area contributed by atoms with Crippen LogP contribution in [0, 0.1) is 0 Å². The lowest BCUT2D eigenvalue weighted by Crippen LogP contribution is -2.41. The Kier molecular flexibility index (Phi) is 4.57. The predicted molar refractivity (Wildman–Crippen MR) is 110 cm³/mol. The van der Waals surface area contributed by atoms with Gasteiger partial charge in [0.2, 0.25) is 0 Å². The molecular formula is C22H26N4O2.